The van der Waals surface area contributed by atoms with Crippen LogP contribution in [0.15, 0.2) is 114 Å². The first-order valence-corrected chi connectivity index (χ1v) is 13.6. The van der Waals surface area contributed by atoms with Gasteiger partial charge >= 0.3 is 0 Å². The first-order chi connectivity index (χ1) is 20.0. The third kappa shape index (κ3) is 6.04. The van der Waals surface area contributed by atoms with E-state index in [1.807, 2.05) is 36.4 Å². The molecule has 4 aromatic rings. The second-order valence-electron chi connectivity index (χ2n) is 10.1. The van der Waals surface area contributed by atoms with Crippen molar-refractivity contribution in [1.82, 2.24) is 5.01 Å². The van der Waals surface area contributed by atoms with Crippen LogP contribution >= 0.6 is 0 Å². The Morgan fingerprint density at radius 3 is 2.17 bits per heavy atom. The summed E-state index contributed by atoms with van der Waals surface area (Å²) >= 11 is 0. The molecule has 0 aromatic heterocycles. The van der Waals surface area contributed by atoms with Crippen molar-refractivity contribution in [2.75, 3.05) is 6.61 Å². The maximum absolute atomic E-state index is 13.8. The highest BCUT2D eigenvalue weighted by atomic mass is 19.1. The Kier molecular flexibility index (Phi) is 7.58. The molecule has 0 saturated heterocycles. The van der Waals surface area contributed by atoms with E-state index in [0.29, 0.717) is 11.5 Å². The summed E-state index contributed by atoms with van der Waals surface area (Å²) in [5.74, 6) is 0.935. The van der Waals surface area contributed by atoms with Crippen LogP contribution in [0.3, 0.4) is 0 Å². The number of benzene rings is 4. The molecule has 2 aliphatic rings. The van der Waals surface area contributed by atoms with Gasteiger partial charge in [-0.3, -0.25) is 4.79 Å². The van der Waals surface area contributed by atoms with Crippen LogP contribution in [-0.4, -0.2) is 23.2 Å². The van der Waals surface area contributed by atoms with Crippen LogP contribution < -0.4 is 9.47 Å². The number of amides is 1. The summed E-state index contributed by atoms with van der Waals surface area (Å²) in [5.41, 5.74) is 3.54. The second-order valence-corrected chi connectivity index (χ2v) is 10.1. The van der Waals surface area contributed by atoms with Crippen molar-refractivity contribution in [3.8, 4) is 17.2 Å². The summed E-state index contributed by atoms with van der Waals surface area (Å²) in [5, 5.41) is 6.31. The Balaban J connectivity index is 1.22. The Morgan fingerprint density at radius 2 is 1.46 bits per heavy atom. The monoisotopic (exact) mass is 550 g/mol. The topological polar surface area (TPSA) is 51.1 Å². The number of para-hydroxylation sites is 1. The smallest absolute Gasteiger partial charge is 0.281 e. The van der Waals surface area contributed by atoms with E-state index in [1.165, 1.54) is 29.3 Å². The van der Waals surface area contributed by atoms with Crippen LogP contribution in [0.4, 0.5) is 8.78 Å². The van der Waals surface area contributed by atoms with Gasteiger partial charge < -0.3 is 9.47 Å². The van der Waals surface area contributed by atoms with Gasteiger partial charge in [0.15, 0.2) is 6.61 Å². The van der Waals surface area contributed by atoms with Gasteiger partial charge in [0.2, 0.25) is 0 Å². The highest BCUT2D eigenvalue weighted by Gasteiger charge is 2.43. The first kappa shape index (κ1) is 26.4. The highest BCUT2D eigenvalue weighted by molar-refractivity contribution is 6.08. The summed E-state index contributed by atoms with van der Waals surface area (Å²) in [6, 6.07) is 28.7. The van der Waals surface area contributed by atoms with Crippen LogP contribution in [0.2, 0.25) is 0 Å². The van der Waals surface area contributed by atoms with Crippen molar-refractivity contribution in [2.24, 2.45) is 11.0 Å². The lowest BCUT2D eigenvalue weighted by molar-refractivity contribution is -0.135. The average Bonchev–Trinajstić information content (AvgIpc) is 3.40. The molecular formula is C34H28F2N2O3. The Morgan fingerprint density at radius 1 is 0.829 bits per heavy atom. The van der Waals surface area contributed by atoms with Gasteiger partial charge in [0.05, 0.1) is 11.8 Å². The zero-order valence-corrected chi connectivity index (χ0v) is 22.3. The van der Waals surface area contributed by atoms with Crippen LogP contribution in [0.5, 0.6) is 17.2 Å². The molecule has 2 atom stereocenters. The molecule has 1 fully saturated rings. The zero-order chi connectivity index (χ0) is 28.2. The van der Waals surface area contributed by atoms with Gasteiger partial charge in [-0.15, -0.1) is 0 Å². The fourth-order valence-electron chi connectivity index (χ4n) is 5.40. The van der Waals surface area contributed by atoms with E-state index in [4.69, 9.17) is 14.6 Å². The third-order valence-corrected chi connectivity index (χ3v) is 7.34. The molecule has 1 aliphatic heterocycles. The number of hydrogen-bond acceptors (Lipinski definition) is 4. The van der Waals surface area contributed by atoms with Crippen molar-refractivity contribution in [3.05, 3.63) is 131 Å². The molecule has 1 heterocycles. The number of halogens is 2. The van der Waals surface area contributed by atoms with Gasteiger partial charge in [0.1, 0.15) is 28.9 Å². The average molecular weight is 551 g/mol. The van der Waals surface area contributed by atoms with E-state index in [9.17, 15) is 13.6 Å². The molecule has 41 heavy (non-hydrogen) atoms. The van der Waals surface area contributed by atoms with Crippen LogP contribution in [0, 0.1) is 17.6 Å². The second kappa shape index (κ2) is 11.8. The summed E-state index contributed by atoms with van der Waals surface area (Å²) in [6.45, 7) is -0.211. The molecular weight excluding hydrogens is 522 g/mol. The lowest BCUT2D eigenvalue weighted by atomic mass is 9.77. The number of carbonyl (C=O) groups is 1. The number of rotatable bonds is 7. The fourth-order valence-corrected chi connectivity index (χ4v) is 5.40. The highest BCUT2D eigenvalue weighted by Crippen LogP contribution is 2.44. The molecule has 0 N–H and O–H groups in total. The molecule has 0 bridgehead atoms. The standard InChI is InChI=1S/C34H28F2N2O3/c35-26-13-9-23(10-14-26)21-25-5-4-8-31-33(25)37-38(34(31)24-11-15-27(36)16-12-24)32(39)22-40-28-17-19-30(20-18-28)41-29-6-2-1-3-7-29/h1-3,6-7,9-21,31,34H,4-5,8,22H2. The minimum absolute atomic E-state index is 0.0423. The van der Waals surface area contributed by atoms with E-state index in [-0.39, 0.29) is 36.1 Å². The molecule has 206 valence electrons. The number of fused-ring (bicyclic) bond motifs is 1. The molecule has 1 amide bonds. The Labute approximate surface area is 237 Å². The van der Waals surface area contributed by atoms with Crippen LogP contribution in [0.1, 0.15) is 36.4 Å². The Bertz CT molecular complexity index is 1570. The van der Waals surface area contributed by atoms with Gasteiger partial charge in [-0.25, -0.2) is 13.8 Å². The van der Waals surface area contributed by atoms with E-state index in [0.717, 1.165) is 47.4 Å². The van der Waals surface area contributed by atoms with Gasteiger partial charge in [0, 0.05) is 5.92 Å². The molecule has 7 heteroatoms. The quantitative estimate of drug-likeness (QED) is 0.235. The SMILES string of the molecule is O=C(COc1ccc(Oc2ccccc2)cc1)N1N=C2C(=Cc3ccc(F)cc3)CCCC2C1c1ccc(F)cc1. The minimum atomic E-state index is -0.375. The molecule has 4 aromatic carbocycles. The molecule has 2 unspecified atom stereocenters. The zero-order valence-electron chi connectivity index (χ0n) is 22.3. The van der Waals surface area contributed by atoms with Crippen LogP contribution in [-0.2, 0) is 4.79 Å². The van der Waals surface area contributed by atoms with Gasteiger partial charge in [0.25, 0.3) is 5.91 Å². The number of carbonyl (C=O) groups excluding carboxylic acids is 1. The normalized spacial score (nSPS) is 19.0. The van der Waals surface area contributed by atoms with Crippen molar-refractivity contribution < 1.29 is 23.0 Å². The minimum Gasteiger partial charge on any atom is -0.484 e. The summed E-state index contributed by atoms with van der Waals surface area (Å²) in [6.07, 6.45) is 4.58. The molecule has 0 spiro atoms. The van der Waals surface area contributed by atoms with Crippen LogP contribution in [0.25, 0.3) is 6.08 Å². The summed E-state index contributed by atoms with van der Waals surface area (Å²) < 4.78 is 38.9. The van der Waals surface area contributed by atoms with E-state index >= 15 is 0 Å². The van der Waals surface area contributed by atoms with Gasteiger partial charge in [-0.2, -0.15) is 5.10 Å². The maximum Gasteiger partial charge on any atom is 0.281 e. The molecule has 1 saturated carbocycles. The van der Waals surface area contributed by atoms with Gasteiger partial charge in [-0.05, 0) is 103 Å². The van der Waals surface area contributed by atoms with Crippen molar-refractivity contribution in [1.29, 1.82) is 0 Å². The number of hydrazone groups is 1. The van der Waals surface area contributed by atoms with Crippen molar-refractivity contribution in [2.45, 2.75) is 25.3 Å². The largest absolute Gasteiger partial charge is 0.484 e. The maximum atomic E-state index is 13.8. The summed E-state index contributed by atoms with van der Waals surface area (Å²) in [7, 11) is 0. The third-order valence-electron chi connectivity index (χ3n) is 7.34. The predicted octanol–water partition coefficient (Wildman–Crippen LogP) is 7.96. The molecule has 5 nitrogen and oxygen atoms in total. The van der Waals surface area contributed by atoms with E-state index in [1.54, 1.807) is 48.5 Å². The van der Waals surface area contributed by atoms with Crippen molar-refractivity contribution in [3.63, 3.8) is 0 Å². The predicted molar refractivity (Wildman–Crippen MR) is 154 cm³/mol. The van der Waals surface area contributed by atoms with Crippen molar-refractivity contribution >= 4 is 17.7 Å². The van der Waals surface area contributed by atoms with E-state index in [2.05, 4.69) is 0 Å². The Hall–Kier alpha value is -4.78. The lowest BCUT2D eigenvalue weighted by Gasteiger charge is -2.29. The number of ether oxygens (including phenoxy) is 2. The number of allylic oxidation sites excluding steroid dienone is 1. The lowest BCUT2D eigenvalue weighted by Crippen LogP contribution is -2.34. The van der Waals surface area contributed by atoms with Gasteiger partial charge in [-0.1, -0.05) is 42.5 Å². The summed E-state index contributed by atoms with van der Waals surface area (Å²) in [4.78, 5) is 13.6. The molecule has 6 rings (SSSR count). The molecule has 0 radical (unpaired) electrons. The van der Waals surface area contributed by atoms with E-state index < -0.39 is 0 Å². The number of hydrogen-bond donors (Lipinski definition) is 0. The molecule has 1 aliphatic carbocycles. The number of nitrogens with zero attached hydrogens (tertiary/aromatic N) is 2. The first-order valence-electron chi connectivity index (χ1n) is 13.6. The fraction of sp³-hybridized carbons (Fsp3) is 0.176.